The lowest BCUT2D eigenvalue weighted by molar-refractivity contribution is -0.145. The standard InChI is InChI=1S/C26H32F2N2O3/c1-2-32-26(31)22-16-21(22)18-30-12-10-29(11-13-30)14-15-33-25(19-6-4-3-5-7-19)20-8-9-23(27)24(28)17-20/h3-9,17,21-22,25H,2,10-16,18H2,1H3. The zero-order valence-electron chi connectivity index (χ0n) is 19.1. The van der Waals surface area contributed by atoms with Gasteiger partial charge in [-0.05, 0) is 42.5 Å². The number of benzene rings is 2. The molecule has 2 aliphatic rings. The van der Waals surface area contributed by atoms with E-state index in [2.05, 4.69) is 9.80 Å². The summed E-state index contributed by atoms with van der Waals surface area (Å²) in [5, 5.41) is 0. The maximum absolute atomic E-state index is 13.8. The molecule has 0 spiro atoms. The lowest BCUT2D eigenvalue weighted by Crippen LogP contribution is -2.47. The second-order valence-electron chi connectivity index (χ2n) is 8.83. The molecule has 178 valence electrons. The van der Waals surface area contributed by atoms with E-state index in [1.807, 2.05) is 37.3 Å². The van der Waals surface area contributed by atoms with E-state index in [1.165, 1.54) is 6.07 Å². The third-order valence-electron chi connectivity index (χ3n) is 6.51. The van der Waals surface area contributed by atoms with Crippen molar-refractivity contribution >= 4 is 5.97 Å². The Hall–Kier alpha value is -2.35. The summed E-state index contributed by atoms with van der Waals surface area (Å²) in [4.78, 5) is 16.6. The molecular weight excluding hydrogens is 426 g/mol. The van der Waals surface area contributed by atoms with Crippen LogP contribution in [0.2, 0.25) is 0 Å². The summed E-state index contributed by atoms with van der Waals surface area (Å²) in [6.07, 6.45) is 0.495. The summed E-state index contributed by atoms with van der Waals surface area (Å²) < 4.78 is 38.6. The SMILES string of the molecule is CCOC(=O)C1CC1CN1CCN(CCOC(c2ccccc2)c2ccc(F)c(F)c2)CC1. The molecule has 2 fully saturated rings. The monoisotopic (exact) mass is 458 g/mol. The molecule has 1 heterocycles. The Balaban J connectivity index is 1.24. The van der Waals surface area contributed by atoms with Gasteiger partial charge in [0.25, 0.3) is 0 Å². The lowest BCUT2D eigenvalue weighted by Gasteiger charge is -2.35. The predicted molar refractivity (Wildman–Crippen MR) is 122 cm³/mol. The van der Waals surface area contributed by atoms with Crippen molar-refractivity contribution in [2.75, 3.05) is 52.5 Å². The van der Waals surface area contributed by atoms with Crippen molar-refractivity contribution in [2.24, 2.45) is 11.8 Å². The van der Waals surface area contributed by atoms with E-state index in [0.29, 0.717) is 24.7 Å². The van der Waals surface area contributed by atoms with Crippen LogP contribution in [0.15, 0.2) is 48.5 Å². The van der Waals surface area contributed by atoms with Gasteiger partial charge in [-0.15, -0.1) is 0 Å². The van der Waals surface area contributed by atoms with Gasteiger partial charge in [0.15, 0.2) is 11.6 Å². The fourth-order valence-corrected chi connectivity index (χ4v) is 4.50. The van der Waals surface area contributed by atoms with Crippen LogP contribution in [0.25, 0.3) is 0 Å². The van der Waals surface area contributed by atoms with E-state index in [0.717, 1.165) is 57.3 Å². The van der Waals surface area contributed by atoms with Gasteiger partial charge in [0, 0.05) is 39.3 Å². The summed E-state index contributed by atoms with van der Waals surface area (Å²) in [6.45, 7) is 8.35. The average Bonchev–Trinajstić information content (AvgIpc) is 3.60. The Bertz CT molecular complexity index is 919. The van der Waals surface area contributed by atoms with Crippen LogP contribution in [0.4, 0.5) is 8.78 Å². The highest BCUT2D eigenvalue weighted by atomic mass is 19.2. The first kappa shape index (κ1) is 23.8. The molecule has 2 aromatic rings. The fourth-order valence-electron chi connectivity index (χ4n) is 4.50. The van der Waals surface area contributed by atoms with Crippen LogP contribution in [0.5, 0.6) is 0 Å². The van der Waals surface area contributed by atoms with Gasteiger partial charge in [-0.2, -0.15) is 0 Å². The highest BCUT2D eigenvalue weighted by Crippen LogP contribution is 2.40. The summed E-state index contributed by atoms with van der Waals surface area (Å²) >= 11 is 0. The van der Waals surface area contributed by atoms with Crippen molar-refractivity contribution in [3.05, 3.63) is 71.3 Å². The van der Waals surface area contributed by atoms with E-state index in [4.69, 9.17) is 9.47 Å². The van der Waals surface area contributed by atoms with E-state index < -0.39 is 17.7 Å². The fraction of sp³-hybridized carbons (Fsp3) is 0.500. The predicted octanol–water partition coefficient (Wildman–Crippen LogP) is 3.89. The first-order valence-corrected chi connectivity index (χ1v) is 11.8. The third-order valence-corrected chi connectivity index (χ3v) is 6.51. The number of halogens is 2. The minimum atomic E-state index is -0.867. The molecule has 3 atom stereocenters. The highest BCUT2D eigenvalue weighted by molar-refractivity contribution is 5.75. The number of hydrogen-bond donors (Lipinski definition) is 0. The number of hydrogen-bond acceptors (Lipinski definition) is 5. The smallest absolute Gasteiger partial charge is 0.309 e. The largest absolute Gasteiger partial charge is 0.466 e. The molecule has 7 heteroatoms. The topological polar surface area (TPSA) is 42.0 Å². The van der Waals surface area contributed by atoms with Crippen LogP contribution in [-0.2, 0) is 14.3 Å². The van der Waals surface area contributed by atoms with E-state index >= 15 is 0 Å². The zero-order chi connectivity index (χ0) is 23.2. The lowest BCUT2D eigenvalue weighted by atomic mass is 10.0. The van der Waals surface area contributed by atoms with Crippen LogP contribution >= 0.6 is 0 Å². The number of ether oxygens (including phenoxy) is 2. The Morgan fingerprint density at radius 1 is 1.00 bits per heavy atom. The number of esters is 1. The van der Waals surface area contributed by atoms with Crippen molar-refractivity contribution in [3.8, 4) is 0 Å². The molecule has 33 heavy (non-hydrogen) atoms. The Morgan fingerprint density at radius 3 is 2.42 bits per heavy atom. The molecule has 3 unspecified atom stereocenters. The second-order valence-corrected chi connectivity index (χ2v) is 8.83. The Morgan fingerprint density at radius 2 is 1.73 bits per heavy atom. The molecule has 0 amide bonds. The van der Waals surface area contributed by atoms with E-state index in [-0.39, 0.29) is 11.9 Å². The van der Waals surface area contributed by atoms with E-state index in [1.54, 1.807) is 6.07 Å². The second kappa shape index (κ2) is 11.2. The molecule has 5 nitrogen and oxygen atoms in total. The first-order valence-electron chi connectivity index (χ1n) is 11.8. The Labute approximate surface area is 194 Å². The summed E-state index contributed by atoms with van der Waals surface area (Å²) in [5.41, 5.74) is 1.51. The number of carbonyl (C=O) groups excluding carboxylic acids is 1. The number of carbonyl (C=O) groups is 1. The Kier molecular flexibility index (Phi) is 8.06. The molecule has 1 aliphatic heterocycles. The van der Waals surface area contributed by atoms with Crippen molar-refractivity contribution in [1.29, 1.82) is 0 Å². The van der Waals surface area contributed by atoms with Crippen molar-refractivity contribution in [3.63, 3.8) is 0 Å². The van der Waals surface area contributed by atoms with Crippen LogP contribution in [0.3, 0.4) is 0 Å². The summed E-state index contributed by atoms with van der Waals surface area (Å²) in [7, 11) is 0. The van der Waals surface area contributed by atoms with Crippen LogP contribution in [0.1, 0.15) is 30.6 Å². The molecular formula is C26H32F2N2O3. The van der Waals surface area contributed by atoms with Crippen molar-refractivity contribution in [2.45, 2.75) is 19.4 Å². The first-order chi connectivity index (χ1) is 16.0. The third kappa shape index (κ3) is 6.37. The molecule has 4 rings (SSSR count). The van der Waals surface area contributed by atoms with E-state index in [9.17, 15) is 13.6 Å². The average molecular weight is 459 g/mol. The van der Waals surface area contributed by atoms with Crippen LogP contribution < -0.4 is 0 Å². The molecule has 1 saturated heterocycles. The molecule has 0 N–H and O–H groups in total. The van der Waals surface area contributed by atoms with Crippen molar-refractivity contribution in [1.82, 2.24) is 9.80 Å². The minimum Gasteiger partial charge on any atom is -0.466 e. The summed E-state index contributed by atoms with van der Waals surface area (Å²) in [6, 6.07) is 13.6. The van der Waals surface area contributed by atoms with Gasteiger partial charge < -0.3 is 14.4 Å². The maximum atomic E-state index is 13.8. The highest BCUT2D eigenvalue weighted by Gasteiger charge is 2.44. The zero-order valence-corrected chi connectivity index (χ0v) is 19.1. The molecule has 0 radical (unpaired) electrons. The van der Waals surface area contributed by atoms with Gasteiger partial charge in [-0.1, -0.05) is 36.4 Å². The van der Waals surface area contributed by atoms with Gasteiger partial charge in [-0.3, -0.25) is 9.69 Å². The maximum Gasteiger partial charge on any atom is 0.309 e. The minimum absolute atomic E-state index is 0.0488. The molecule has 0 bridgehead atoms. The van der Waals surface area contributed by atoms with Crippen LogP contribution in [-0.4, -0.2) is 68.3 Å². The van der Waals surface area contributed by atoms with Gasteiger partial charge in [-0.25, -0.2) is 8.78 Å². The number of rotatable bonds is 10. The number of nitrogens with zero attached hydrogens (tertiary/aromatic N) is 2. The van der Waals surface area contributed by atoms with Gasteiger partial charge in [0.05, 0.1) is 19.1 Å². The molecule has 1 aliphatic carbocycles. The quantitative estimate of drug-likeness (QED) is 0.506. The summed E-state index contributed by atoms with van der Waals surface area (Å²) in [5.74, 6) is -1.26. The van der Waals surface area contributed by atoms with Gasteiger partial charge in [0.2, 0.25) is 0 Å². The van der Waals surface area contributed by atoms with Crippen LogP contribution in [0, 0.1) is 23.5 Å². The van der Waals surface area contributed by atoms with Gasteiger partial charge in [0.1, 0.15) is 6.10 Å². The molecule has 0 aromatic heterocycles. The molecule has 1 saturated carbocycles. The normalized spacial score (nSPS) is 22.2. The number of piperazine rings is 1. The van der Waals surface area contributed by atoms with Crippen molar-refractivity contribution < 1.29 is 23.0 Å². The van der Waals surface area contributed by atoms with Gasteiger partial charge >= 0.3 is 5.97 Å². The molecule has 2 aromatic carbocycles.